The molecule has 3 aromatic carbocycles. The van der Waals surface area contributed by atoms with Crippen molar-refractivity contribution in [1.82, 2.24) is 0 Å². The summed E-state index contributed by atoms with van der Waals surface area (Å²) >= 11 is 37.1. The van der Waals surface area contributed by atoms with Gasteiger partial charge in [-0.1, -0.05) is 69.6 Å². The highest BCUT2D eigenvalue weighted by Crippen LogP contribution is 2.40. The Kier molecular flexibility index (Phi) is 15.7. The third kappa shape index (κ3) is 9.69. The molecular weight excluding hydrogens is 917 g/mol. The fourth-order valence-corrected chi connectivity index (χ4v) is 7.44. The smallest absolute Gasteiger partial charge is 0.343 e. The van der Waals surface area contributed by atoms with Crippen molar-refractivity contribution in [3.8, 4) is 17.2 Å². The minimum absolute atomic E-state index is 0.0153. The number of carbonyl (C=O) groups is 3. The molecule has 17 nitrogen and oxygen atoms in total. The lowest BCUT2D eigenvalue weighted by Gasteiger charge is -2.43. The maximum absolute atomic E-state index is 13.5. The molecule has 0 unspecified atom stereocenters. The first-order chi connectivity index (χ1) is 27.9. The van der Waals surface area contributed by atoms with Crippen LogP contribution in [-0.2, 0) is 28.4 Å². The van der Waals surface area contributed by atoms with Crippen LogP contribution in [-0.4, -0.2) is 139 Å². The van der Waals surface area contributed by atoms with Crippen molar-refractivity contribution in [2.24, 2.45) is 0 Å². The van der Waals surface area contributed by atoms with Gasteiger partial charge in [-0.05, 0) is 36.4 Å². The highest BCUT2D eigenvalue weighted by atomic mass is 35.5. The lowest BCUT2D eigenvalue weighted by atomic mass is 9.98. The van der Waals surface area contributed by atoms with Crippen LogP contribution in [0.1, 0.15) is 31.1 Å². The number of hydrogen-bond acceptors (Lipinski definition) is 17. The van der Waals surface area contributed by atoms with Gasteiger partial charge in [-0.3, -0.25) is 0 Å². The predicted molar refractivity (Wildman–Crippen MR) is 207 cm³/mol. The van der Waals surface area contributed by atoms with Crippen molar-refractivity contribution < 1.29 is 82.5 Å². The lowest BCUT2D eigenvalue weighted by Crippen LogP contribution is -2.63. The lowest BCUT2D eigenvalue weighted by molar-refractivity contribution is -0.383. The van der Waals surface area contributed by atoms with E-state index in [9.17, 15) is 39.9 Å². The summed E-state index contributed by atoms with van der Waals surface area (Å²) in [6.45, 7) is -2.77. The standard InChI is InChI=1S/C36H34Cl6O17/c1-51-28-16(40)7-4-13(37)21(28)32(48)54-10-19-24(43)26(45)27(46)35(57-19)59-36(12-56-34(50)23-15(39)6-9-18(42)30(23)53-3)31(47)25(44)20(58-36)11-55-33(49)22-14(38)5-8-17(41)29(22)52-2/h4-9,19-20,24-27,31,35,43-47H,10-12H2,1-3H3/t19-,20-,24-,25-,26+,27-,31+,35-,36+/m1/s1. The van der Waals surface area contributed by atoms with Crippen LogP contribution in [0, 0.1) is 0 Å². The van der Waals surface area contributed by atoms with Crippen LogP contribution in [0.25, 0.3) is 0 Å². The fraction of sp³-hybridized carbons (Fsp3) is 0.417. The van der Waals surface area contributed by atoms with Crippen molar-refractivity contribution in [3.63, 3.8) is 0 Å². The molecule has 9 atom stereocenters. The normalized spacial score (nSPS) is 26.5. The molecule has 0 amide bonds. The van der Waals surface area contributed by atoms with Gasteiger partial charge in [0.05, 0.1) is 51.5 Å². The fourth-order valence-electron chi connectivity index (χ4n) is 6.06. The average molecular weight is 951 g/mol. The first-order valence-electron chi connectivity index (χ1n) is 16.9. The second-order valence-electron chi connectivity index (χ2n) is 12.6. The van der Waals surface area contributed by atoms with Crippen molar-refractivity contribution in [1.29, 1.82) is 0 Å². The Hall–Kier alpha value is -3.11. The van der Waals surface area contributed by atoms with Crippen molar-refractivity contribution in [2.45, 2.75) is 54.8 Å². The van der Waals surface area contributed by atoms with E-state index < -0.39 is 92.5 Å². The molecule has 0 aliphatic carbocycles. The minimum atomic E-state index is -2.73. The van der Waals surface area contributed by atoms with Crippen LogP contribution < -0.4 is 14.2 Å². The van der Waals surface area contributed by atoms with Gasteiger partial charge in [0.15, 0.2) is 23.5 Å². The summed E-state index contributed by atoms with van der Waals surface area (Å²) in [5, 5.41) is 55.0. The van der Waals surface area contributed by atoms with Crippen LogP contribution in [0.15, 0.2) is 36.4 Å². The van der Waals surface area contributed by atoms with E-state index in [2.05, 4.69) is 0 Å². The van der Waals surface area contributed by atoms with Crippen LogP contribution in [0.3, 0.4) is 0 Å². The Labute approximate surface area is 364 Å². The number of ether oxygens (including phenoxy) is 9. The Morgan fingerprint density at radius 1 is 0.559 bits per heavy atom. The summed E-state index contributed by atoms with van der Waals surface area (Å²) in [6.07, 6.45) is -15.8. The summed E-state index contributed by atoms with van der Waals surface area (Å²) < 4.78 is 49.1. The van der Waals surface area contributed by atoms with Gasteiger partial charge in [0.25, 0.3) is 0 Å². The number of esters is 3. The van der Waals surface area contributed by atoms with Crippen LogP contribution in [0.2, 0.25) is 30.1 Å². The molecule has 2 aliphatic rings. The Morgan fingerprint density at radius 2 is 0.949 bits per heavy atom. The van der Waals surface area contributed by atoms with Gasteiger partial charge < -0.3 is 68.2 Å². The molecule has 23 heteroatoms. The van der Waals surface area contributed by atoms with Gasteiger partial charge in [-0.15, -0.1) is 0 Å². The Morgan fingerprint density at radius 3 is 1.37 bits per heavy atom. The first-order valence-corrected chi connectivity index (χ1v) is 19.2. The van der Waals surface area contributed by atoms with E-state index in [4.69, 9.17) is 112 Å². The zero-order chi connectivity index (χ0) is 43.5. The average Bonchev–Trinajstić information content (AvgIpc) is 3.44. The molecule has 322 valence electrons. The van der Waals surface area contributed by atoms with E-state index in [-0.39, 0.29) is 64.1 Å². The monoisotopic (exact) mass is 948 g/mol. The van der Waals surface area contributed by atoms with Crippen LogP contribution in [0.4, 0.5) is 0 Å². The molecule has 3 aromatic rings. The molecular formula is C36H34Cl6O17. The number of aliphatic hydroxyl groups is 5. The quantitative estimate of drug-likeness (QED) is 0.113. The summed E-state index contributed by atoms with van der Waals surface area (Å²) in [5.74, 6) is -6.56. The maximum atomic E-state index is 13.5. The number of carbonyl (C=O) groups excluding carboxylic acids is 3. The van der Waals surface area contributed by atoms with E-state index in [1.54, 1.807) is 0 Å². The molecule has 0 bridgehead atoms. The third-order valence-corrected chi connectivity index (χ3v) is 10.9. The number of aliphatic hydroxyl groups excluding tert-OH is 5. The van der Waals surface area contributed by atoms with Gasteiger partial charge in [0, 0.05) is 0 Å². The number of halogens is 6. The topological polar surface area (TPSA) is 235 Å². The molecule has 59 heavy (non-hydrogen) atoms. The minimum Gasteiger partial charge on any atom is -0.494 e. The van der Waals surface area contributed by atoms with Crippen molar-refractivity contribution in [3.05, 3.63) is 83.2 Å². The molecule has 2 fully saturated rings. The third-order valence-electron chi connectivity index (χ3n) is 9.05. The largest absolute Gasteiger partial charge is 0.494 e. The molecule has 0 saturated carbocycles. The SMILES string of the molecule is COc1c(Cl)ccc(Cl)c1C(=O)OC[C@H]1O[C@@](COC(=O)c2c(Cl)ccc(Cl)c2OC)(O[C@H]2O[C@H](COC(=O)c3c(Cl)ccc(Cl)c3OC)[C@@H](O)[C@H](O)[C@H]2O)[C@@H](O)[C@@H]1O. The second-order valence-corrected chi connectivity index (χ2v) is 15.1. The summed E-state index contributed by atoms with van der Waals surface area (Å²) in [4.78, 5) is 39.8. The van der Waals surface area contributed by atoms with E-state index in [0.717, 1.165) is 0 Å². The van der Waals surface area contributed by atoms with Gasteiger partial charge >= 0.3 is 17.9 Å². The number of rotatable bonds is 14. The van der Waals surface area contributed by atoms with E-state index in [1.807, 2.05) is 0 Å². The maximum Gasteiger partial charge on any atom is 0.343 e. The summed E-state index contributed by atoms with van der Waals surface area (Å²) in [6, 6.07) is 7.97. The molecule has 2 heterocycles. The number of hydrogen-bond donors (Lipinski definition) is 5. The van der Waals surface area contributed by atoms with Gasteiger partial charge in [-0.25, -0.2) is 14.4 Å². The van der Waals surface area contributed by atoms with Gasteiger partial charge in [0.1, 0.15) is 79.2 Å². The molecule has 0 radical (unpaired) electrons. The zero-order valence-electron chi connectivity index (χ0n) is 30.6. The number of methoxy groups -OCH3 is 3. The second kappa shape index (κ2) is 19.7. The molecule has 0 aromatic heterocycles. The highest BCUT2D eigenvalue weighted by molar-refractivity contribution is 6.38. The van der Waals surface area contributed by atoms with Crippen molar-refractivity contribution >= 4 is 87.5 Å². The molecule has 5 rings (SSSR count). The van der Waals surface area contributed by atoms with Gasteiger partial charge in [-0.2, -0.15) is 0 Å². The molecule has 2 saturated heterocycles. The predicted octanol–water partition coefficient (Wildman–Crippen LogP) is 4.14. The zero-order valence-corrected chi connectivity index (χ0v) is 35.1. The van der Waals surface area contributed by atoms with Crippen LogP contribution >= 0.6 is 69.6 Å². The summed E-state index contributed by atoms with van der Waals surface area (Å²) in [7, 11) is 3.66. The van der Waals surface area contributed by atoms with Gasteiger partial charge in [0.2, 0.25) is 5.79 Å². The molecule has 5 N–H and O–H groups in total. The molecule has 0 spiro atoms. The Balaban J connectivity index is 1.42. The van der Waals surface area contributed by atoms with Crippen molar-refractivity contribution in [2.75, 3.05) is 41.2 Å². The van der Waals surface area contributed by atoms with E-state index in [1.165, 1.54) is 57.7 Å². The van der Waals surface area contributed by atoms with E-state index >= 15 is 0 Å². The molecule has 2 aliphatic heterocycles. The number of benzene rings is 3. The van der Waals surface area contributed by atoms with E-state index in [0.29, 0.717) is 0 Å². The summed E-state index contributed by atoms with van der Waals surface area (Å²) in [5.41, 5.74) is -0.932. The van der Waals surface area contributed by atoms with Crippen LogP contribution in [0.5, 0.6) is 17.2 Å². The highest BCUT2D eigenvalue weighted by Gasteiger charge is 2.60. The Bertz CT molecular complexity index is 2060. The first kappa shape index (κ1) is 46.9.